The molecule has 0 aliphatic heterocycles. The summed E-state index contributed by atoms with van der Waals surface area (Å²) in [6.07, 6.45) is 0.506. The Morgan fingerprint density at radius 2 is 1.85 bits per heavy atom. The molecule has 0 saturated heterocycles. The van der Waals surface area contributed by atoms with Gasteiger partial charge in [0, 0.05) is 12.8 Å². The summed E-state index contributed by atoms with van der Waals surface area (Å²) < 4.78 is 10.4. The van der Waals surface area contributed by atoms with Crippen LogP contribution in [0.1, 0.15) is 20.3 Å². The molecule has 0 spiro atoms. The zero-order valence-electron chi connectivity index (χ0n) is 9.59. The molecule has 0 aromatic carbocycles. The van der Waals surface area contributed by atoms with Gasteiger partial charge in [0.15, 0.2) is 6.29 Å². The molecule has 0 heterocycles. The number of rotatable bonds is 5. The summed E-state index contributed by atoms with van der Waals surface area (Å²) in [5, 5.41) is 0. The van der Waals surface area contributed by atoms with Crippen molar-refractivity contribution < 1.29 is 33.1 Å². The summed E-state index contributed by atoms with van der Waals surface area (Å²) in [6.45, 7) is 7.32. The van der Waals surface area contributed by atoms with E-state index in [4.69, 9.17) is 9.47 Å². The van der Waals surface area contributed by atoms with Gasteiger partial charge in [-0.05, 0) is 21.7 Å². The van der Waals surface area contributed by atoms with E-state index in [2.05, 4.69) is 0 Å². The van der Waals surface area contributed by atoms with Gasteiger partial charge in [-0.1, -0.05) is 20.0 Å². The Hall–Kier alpha value is 0.694. The second-order valence-electron chi connectivity index (χ2n) is 3.44. The fourth-order valence-electron chi connectivity index (χ4n) is 1.04. The normalized spacial score (nSPS) is 16.2. The maximum Gasteiger partial charge on any atom is 1.00 e. The van der Waals surface area contributed by atoms with Gasteiger partial charge in [-0.2, -0.15) is 0 Å². The standard InChI is InChI=1S/C8H19O3Si.Li/c1-6-8(12(4,5)9)11-7(2)10-3;/h7-8H,6H2,1-5H3;/q-1;+1. The molecule has 0 aliphatic carbocycles. The molecular formula is C8H19LiO3Si. The van der Waals surface area contributed by atoms with E-state index in [1.54, 1.807) is 20.2 Å². The second kappa shape index (κ2) is 7.05. The Morgan fingerprint density at radius 1 is 1.38 bits per heavy atom. The largest absolute Gasteiger partial charge is 1.00 e. The minimum Gasteiger partial charge on any atom is -0.857 e. The third-order valence-corrected chi connectivity index (χ3v) is 3.93. The van der Waals surface area contributed by atoms with Gasteiger partial charge in [-0.3, -0.25) is 0 Å². The van der Waals surface area contributed by atoms with Crippen molar-refractivity contribution in [2.75, 3.05) is 7.11 Å². The van der Waals surface area contributed by atoms with Crippen LogP contribution >= 0.6 is 0 Å². The van der Waals surface area contributed by atoms with Crippen LogP contribution in [0, 0.1) is 0 Å². The van der Waals surface area contributed by atoms with Crippen molar-refractivity contribution in [3.05, 3.63) is 0 Å². The van der Waals surface area contributed by atoms with E-state index in [9.17, 15) is 4.80 Å². The third kappa shape index (κ3) is 6.72. The maximum absolute atomic E-state index is 11.6. The van der Waals surface area contributed by atoms with Crippen molar-refractivity contribution in [1.82, 2.24) is 0 Å². The molecule has 0 aliphatic rings. The van der Waals surface area contributed by atoms with E-state index in [1.807, 2.05) is 13.8 Å². The van der Waals surface area contributed by atoms with Gasteiger partial charge in [0.25, 0.3) is 0 Å². The zero-order chi connectivity index (χ0) is 9.78. The van der Waals surface area contributed by atoms with E-state index >= 15 is 0 Å². The molecule has 0 amide bonds. The van der Waals surface area contributed by atoms with Crippen LogP contribution in [0.4, 0.5) is 0 Å². The van der Waals surface area contributed by atoms with Gasteiger partial charge < -0.3 is 14.3 Å². The van der Waals surface area contributed by atoms with Crippen LogP contribution < -0.4 is 23.7 Å². The monoisotopic (exact) mass is 198 g/mol. The SMILES string of the molecule is CCC(OC(C)OC)[Si](C)(C)[O-].[Li+]. The first kappa shape index (κ1) is 16.1. The van der Waals surface area contributed by atoms with Crippen LogP contribution in [0.5, 0.6) is 0 Å². The molecule has 0 rings (SSSR count). The minimum atomic E-state index is -2.42. The van der Waals surface area contributed by atoms with Crippen molar-refractivity contribution in [1.29, 1.82) is 0 Å². The van der Waals surface area contributed by atoms with Crippen molar-refractivity contribution in [3.8, 4) is 0 Å². The number of ether oxygens (including phenoxy) is 2. The summed E-state index contributed by atoms with van der Waals surface area (Å²) in [5.41, 5.74) is -0.146. The van der Waals surface area contributed by atoms with Crippen LogP contribution in [0.15, 0.2) is 0 Å². The van der Waals surface area contributed by atoms with Crippen LogP contribution in [0.3, 0.4) is 0 Å². The van der Waals surface area contributed by atoms with E-state index in [0.717, 1.165) is 6.42 Å². The first-order valence-corrected chi connectivity index (χ1v) is 7.29. The first-order chi connectivity index (χ1) is 5.41. The molecule has 3 nitrogen and oxygen atoms in total. The average Bonchev–Trinajstić information content (AvgIpc) is 1.97. The molecule has 2 atom stereocenters. The van der Waals surface area contributed by atoms with Crippen molar-refractivity contribution in [2.24, 2.45) is 0 Å². The minimum absolute atomic E-state index is 0. The molecule has 13 heavy (non-hydrogen) atoms. The maximum atomic E-state index is 11.6. The van der Waals surface area contributed by atoms with Gasteiger partial charge in [-0.25, -0.2) is 0 Å². The molecule has 74 valence electrons. The van der Waals surface area contributed by atoms with Crippen LogP contribution in [0.25, 0.3) is 0 Å². The molecule has 0 fully saturated rings. The van der Waals surface area contributed by atoms with Crippen LogP contribution in [0.2, 0.25) is 13.1 Å². The van der Waals surface area contributed by atoms with Crippen molar-refractivity contribution >= 4 is 8.32 Å². The predicted molar refractivity (Wildman–Crippen MR) is 49.1 cm³/mol. The molecule has 0 bridgehead atoms. The molecule has 0 aromatic rings. The Labute approximate surface area is 94.1 Å². The van der Waals surface area contributed by atoms with E-state index in [-0.39, 0.29) is 30.9 Å². The van der Waals surface area contributed by atoms with Crippen molar-refractivity contribution in [2.45, 2.75) is 45.4 Å². The fourth-order valence-corrected chi connectivity index (χ4v) is 2.54. The first-order valence-electron chi connectivity index (χ1n) is 4.30. The summed E-state index contributed by atoms with van der Waals surface area (Å²) in [5.74, 6) is 0. The third-order valence-electron chi connectivity index (χ3n) is 1.83. The topological polar surface area (TPSA) is 41.5 Å². The Balaban J connectivity index is 0. The van der Waals surface area contributed by atoms with E-state index in [0.29, 0.717) is 0 Å². The smallest absolute Gasteiger partial charge is 0.857 e. The summed E-state index contributed by atoms with van der Waals surface area (Å²) >= 11 is 0. The molecule has 5 heteroatoms. The van der Waals surface area contributed by atoms with E-state index in [1.165, 1.54) is 0 Å². The summed E-state index contributed by atoms with van der Waals surface area (Å²) in [6, 6.07) is 0. The second-order valence-corrected chi connectivity index (χ2v) is 7.29. The van der Waals surface area contributed by atoms with Gasteiger partial charge >= 0.3 is 18.9 Å². The predicted octanol–water partition coefficient (Wildman–Crippen LogP) is -2.12. The molecule has 0 radical (unpaired) electrons. The van der Waals surface area contributed by atoms with Gasteiger partial charge in [-0.15, -0.1) is 0 Å². The quantitative estimate of drug-likeness (QED) is 0.375. The van der Waals surface area contributed by atoms with Crippen molar-refractivity contribution in [3.63, 3.8) is 0 Å². The van der Waals surface area contributed by atoms with Crippen LogP contribution in [-0.2, 0) is 9.47 Å². The van der Waals surface area contributed by atoms with Gasteiger partial charge in [0.1, 0.15) is 0 Å². The summed E-state index contributed by atoms with van der Waals surface area (Å²) in [7, 11) is -0.838. The molecular weight excluding hydrogens is 179 g/mol. The zero-order valence-corrected chi connectivity index (χ0v) is 10.6. The van der Waals surface area contributed by atoms with Crippen LogP contribution in [-0.4, -0.2) is 27.4 Å². The molecule has 0 N–H and O–H groups in total. The van der Waals surface area contributed by atoms with Gasteiger partial charge in [0.05, 0.1) is 0 Å². The number of methoxy groups -OCH3 is 1. The number of hydrogen-bond acceptors (Lipinski definition) is 3. The summed E-state index contributed by atoms with van der Waals surface area (Å²) in [4.78, 5) is 11.6. The van der Waals surface area contributed by atoms with E-state index < -0.39 is 8.32 Å². The molecule has 0 aromatic heterocycles. The Morgan fingerprint density at radius 3 is 2.08 bits per heavy atom. The Bertz CT molecular complexity index is 127. The molecule has 2 unspecified atom stereocenters. The van der Waals surface area contributed by atoms with Gasteiger partial charge in [0.2, 0.25) is 0 Å². The Kier molecular flexibility index (Phi) is 8.75. The fraction of sp³-hybridized carbons (Fsp3) is 1.00. The molecule has 0 saturated carbocycles. The number of hydrogen-bond donors (Lipinski definition) is 0. The average molecular weight is 198 g/mol.